The van der Waals surface area contributed by atoms with Crippen molar-refractivity contribution in [2.45, 2.75) is 12.8 Å². The minimum absolute atomic E-state index is 0.426. The van der Waals surface area contributed by atoms with Gasteiger partial charge >= 0.3 is 0 Å². The Hall–Kier alpha value is -1.59. The molecule has 2 N–H and O–H groups in total. The molecular weight excluding hydrogens is 254 g/mol. The highest BCUT2D eigenvalue weighted by Gasteiger charge is 2.13. The van der Waals surface area contributed by atoms with Gasteiger partial charge in [-0.1, -0.05) is 11.6 Å². The largest absolute Gasteiger partial charge is 0.496 e. The molecule has 1 heterocycles. The van der Waals surface area contributed by atoms with Crippen LogP contribution in [0.3, 0.4) is 0 Å². The van der Waals surface area contributed by atoms with E-state index in [-0.39, 0.29) is 0 Å². The SMILES string of the molecule is COc1cc(Cl)ccc1-c1nnc(CCCN)o1. The van der Waals surface area contributed by atoms with Gasteiger partial charge in [-0.25, -0.2) is 0 Å². The number of hydrogen-bond acceptors (Lipinski definition) is 5. The summed E-state index contributed by atoms with van der Waals surface area (Å²) in [6.45, 7) is 0.599. The molecule has 0 bridgehead atoms. The Morgan fingerprint density at radius 2 is 2.22 bits per heavy atom. The Labute approximate surface area is 110 Å². The van der Waals surface area contributed by atoms with Gasteiger partial charge in [-0.05, 0) is 31.2 Å². The summed E-state index contributed by atoms with van der Waals surface area (Å²) in [5, 5.41) is 8.56. The Morgan fingerprint density at radius 1 is 1.39 bits per heavy atom. The van der Waals surface area contributed by atoms with E-state index >= 15 is 0 Å². The second-order valence-corrected chi connectivity index (χ2v) is 4.17. The van der Waals surface area contributed by atoms with E-state index in [1.807, 2.05) is 0 Å². The van der Waals surface area contributed by atoms with Gasteiger partial charge in [-0.2, -0.15) is 0 Å². The van der Waals surface area contributed by atoms with Gasteiger partial charge in [0.2, 0.25) is 5.89 Å². The van der Waals surface area contributed by atoms with Crippen molar-refractivity contribution in [1.82, 2.24) is 10.2 Å². The number of nitrogens with zero attached hydrogens (tertiary/aromatic N) is 2. The molecule has 0 atom stereocenters. The van der Waals surface area contributed by atoms with Crippen molar-refractivity contribution >= 4 is 11.6 Å². The molecule has 0 fully saturated rings. The van der Waals surface area contributed by atoms with Crippen molar-refractivity contribution < 1.29 is 9.15 Å². The molecule has 1 aromatic heterocycles. The fourth-order valence-electron chi connectivity index (χ4n) is 1.56. The van der Waals surface area contributed by atoms with Gasteiger partial charge in [0.1, 0.15) is 5.75 Å². The monoisotopic (exact) mass is 267 g/mol. The van der Waals surface area contributed by atoms with Crippen LogP contribution in [0.4, 0.5) is 0 Å². The van der Waals surface area contributed by atoms with Gasteiger partial charge in [0.25, 0.3) is 5.89 Å². The Bertz CT molecular complexity index is 528. The minimum atomic E-state index is 0.426. The molecule has 6 heteroatoms. The van der Waals surface area contributed by atoms with Gasteiger partial charge in [0.15, 0.2) is 0 Å². The number of aryl methyl sites for hydroxylation is 1. The van der Waals surface area contributed by atoms with E-state index in [4.69, 9.17) is 26.5 Å². The molecule has 18 heavy (non-hydrogen) atoms. The lowest BCUT2D eigenvalue weighted by molar-refractivity contribution is 0.413. The summed E-state index contributed by atoms with van der Waals surface area (Å²) in [4.78, 5) is 0. The number of benzene rings is 1. The lowest BCUT2D eigenvalue weighted by Crippen LogP contribution is -2.00. The van der Waals surface area contributed by atoms with Crippen LogP contribution in [0, 0.1) is 0 Å². The number of methoxy groups -OCH3 is 1. The first-order valence-corrected chi connectivity index (χ1v) is 5.98. The number of ether oxygens (including phenoxy) is 1. The van der Waals surface area contributed by atoms with E-state index in [2.05, 4.69) is 10.2 Å². The van der Waals surface area contributed by atoms with Gasteiger partial charge in [-0.3, -0.25) is 0 Å². The minimum Gasteiger partial charge on any atom is -0.496 e. The Kier molecular flexibility index (Phi) is 4.17. The molecule has 96 valence electrons. The number of aromatic nitrogens is 2. The first-order valence-electron chi connectivity index (χ1n) is 5.61. The molecule has 0 unspecified atom stereocenters. The maximum Gasteiger partial charge on any atom is 0.251 e. The quantitative estimate of drug-likeness (QED) is 0.900. The average Bonchev–Trinajstić information content (AvgIpc) is 2.84. The standard InChI is InChI=1S/C12H14ClN3O2/c1-17-10-7-8(13)4-5-9(10)12-16-15-11(18-12)3-2-6-14/h4-5,7H,2-3,6,14H2,1H3. The van der Waals surface area contributed by atoms with Crippen LogP contribution in [0.5, 0.6) is 5.75 Å². The normalized spacial score (nSPS) is 10.6. The molecule has 0 aliphatic carbocycles. The molecule has 0 amide bonds. The molecule has 0 spiro atoms. The maximum atomic E-state index is 5.90. The van der Waals surface area contributed by atoms with E-state index in [0.29, 0.717) is 35.5 Å². The first kappa shape index (κ1) is 12.9. The number of halogens is 1. The molecule has 0 aliphatic rings. The van der Waals surface area contributed by atoms with Gasteiger partial charge in [0.05, 0.1) is 12.7 Å². The van der Waals surface area contributed by atoms with Crippen molar-refractivity contribution in [3.63, 3.8) is 0 Å². The third-order valence-corrected chi connectivity index (χ3v) is 2.69. The van der Waals surface area contributed by atoms with E-state index < -0.39 is 0 Å². The smallest absolute Gasteiger partial charge is 0.251 e. The van der Waals surface area contributed by atoms with Crippen LogP contribution >= 0.6 is 11.6 Å². The zero-order valence-corrected chi connectivity index (χ0v) is 10.8. The van der Waals surface area contributed by atoms with Crippen LogP contribution in [-0.2, 0) is 6.42 Å². The molecule has 0 aliphatic heterocycles. The predicted octanol–water partition coefficient (Wildman–Crippen LogP) is 2.29. The molecule has 2 rings (SSSR count). The van der Waals surface area contributed by atoms with Crippen LogP contribution in [0.25, 0.3) is 11.5 Å². The van der Waals surface area contributed by atoms with E-state index in [1.54, 1.807) is 25.3 Å². The lowest BCUT2D eigenvalue weighted by atomic mass is 10.2. The third kappa shape index (κ3) is 2.80. The lowest BCUT2D eigenvalue weighted by Gasteiger charge is -2.04. The van der Waals surface area contributed by atoms with Crippen molar-refractivity contribution in [3.05, 3.63) is 29.1 Å². The molecule has 1 aromatic carbocycles. The Morgan fingerprint density at radius 3 is 2.94 bits per heavy atom. The molecule has 0 radical (unpaired) electrons. The van der Waals surface area contributed by atoms with Crippen LogP contribution in [0.2, 0.25) is 5.02 Å². The topological polar surface area (TPSA) is 74.2 Å². The number of nitrogens with two attached hydrogens (primary N) is 1. The average molecular weight is 268 g/mol. The van der Waals surface area contributed by atoms with Crippen LogP contribution in [-0.4, -0.2) is 23.9 Å². The summed E-state index contributed by atoms with van der Waals surface area (Å²) in [7, 11) is 1.57. The summed E-state index contributed by atoms with van der Waals surface area (Å²) in [5.41, 5.74) is 6.16. The molecule has 5 nitrogen and oxygen atoms in total. The van der Waals surface area contributed by atoms with Crippen molar-refractivity contribution in [1.29, 1.82) is 0 Å². The highest BCUT2D eigenvalue weighted by molar-refractivity contribution is 6.30. The van der Waals surface area contributed by atoms with Gasteiger partial charge < -0.3 is 14.9 Å². The van der Waals surface area contributed by atoms with Crippen LogP contribution in [0.15, 0.2) is 22.6 Å². The molecule has 2 aromatic rings. The fraction of sp³-hybridized carbons (Fsp3) is 0.333. The highest BCUT2D eigenvalue weighted by atomic mass is 35.5. The highest BCUT2D eigenvalue weighted by Crippen LogP contribution is 2.31. The summed E-state index contributed by atoms with van der Waals surface area (Å²) < 4.78 is 10.8. The second kappa shape index (κ2) is 5.84. The summed E-state index contributed by atoms with van der Waals surface area (Å²) in [6.07, 6.45) is 1.50. The second-order valence-electron chi connectivity index (χ2n) is 3.74. The van der Waals surface area contributed by atoms with Crippen molar-refractivity contribution in [2.24, 2.45) is 5.73 Å². The molecule has 0 saturated heterocycles. The molecule has 0 saturated carbocycles. The van der Waals surface area contributed by atoms with E-state index in [0.717, 1.165) is 12.0 Å². The first-order chi connectivity index (χ1) is 8.74. The maximum absolute atomic E-state index is 5.90. The summed E-state index contributed by atoms with van der Waals surface area (Å²) in [5.74, 6) is 1.61. The fourth-order valence-corrected chi connectivity index (χ4v) is 1.72. The zero-order valence-electron chi connectivity index (χ0n) is 10.0. The summed E-state index contributed by atoms with van der Waals surface area (Å²) >= 11 is 5.90. The number of rotatable bonds is 5. The molecular formula is C12H14ClN3O2. The third-order valence-electron chi connectivity index (χ3n) is 2.46. The number of hydrogen-bond donors (Lipinski definition) is 1. The predicted molar refractivity (Wildman–Crippen MR) is 68.7 cm³/mol. The van der Waals surface area contributed by atoms with Crippen molar-refractivity contribution in [2.75, 3.05) is 13.7 Å². The summed E-state index contributed by atoms with van der Waals surface area (Å²) in [6, 6.07) is 5.26. The van der Waals surface area contributed by atoms with Gasteiger partial charge in [-0.15, -0.1) is 10.2 Å². The van der Waals surface area contributed by atoms with E-state index in [9.17, 15) is 0 Å². The van der Waals surface area contributed by atoms with Crippen molar-refractivity contribution in [3.8, 4) is 17.2 Å². The Balaban J connectivity index is 2.28. The van der Waals surface area contributed by atoms with E-state index in [1.165, 1.54) is 0 Å². The van der Waals surface area contributed by atoms with Crippen LogP contribution in [0.1, 0.15) is 12.3 Å². The zero-order chi connectivity index (χ0) is 13.0. The van der Waals surface area contributed by atoms with Gasteiger partial charge in [0, 0.05) is 11.4 Å². The van der Waals surface area contributed by atoms with Crippen LogP contribution < -0.4 is 10.5 Å².